The van der Waals surface area contributed by atoms with Gasteiger partial charge in [0.25, 0.3) is 0 Å². The van der Waals surface area contributed by atoms with Gasteiger partial charge in [0.05, 0.1) is 13.1 Å². The van der Waals surface area contributed by atoms with Crippen molar-refractivity contribution in [1.82, 2.24) is 14.8 Å². The quantitative estimate of drug-likeness (QED) is 0.821. The molecule has 3 rings (SSSR count). The third kappa shape index (κ3) is 1.96. The van der Waals surface area contributed by atoms with Gasteiger partial charge in [-0.25, -0.2) is 4.98 Å². The molecule has 2 aliphatic heterocycles. The van der Waals surface area contributed by atoms with Gasteiger partial charge in [0.15, 0.2) is 4.47 Å². The maximum atomic E-state index is 11.9. The summed E-state index contributed by atoms with van der Waals surface area (Å²) < 4.78 is 0.515. The van der Waals surface area contributed by atoms with Crippen molar-refractivity contribution < 1.29 is 4.79 Å². The van der Waals surface area contributed by atoms with Gasteiger partial charge in [0, 0.05) is 17.6 Å². The lowest BCUT2D eigenvalue weighted by atomic mass is 10.3. The smallest absolute Gasteiger partial charge is 0.248 e. The molecule has 0 radical (unpaired) electrons. The summed E-state index contributed by atoms with van der Waals surface area (Å²) in [7, 11) is 0. The monoisotopic (exact) mass is 267 g/mol. The number of nitrogens with zero attached hydrogens (tertiary/aromatic N) is 3. The summed E-state index contributed by atoms with van der Waals surface area (Å²) in [4.78, 5) is 20.8. The minimum absolute atomic E-state index is 0.129. The van der Waals surface area contributed by atoms with Crippen molar-refractivity contribution >= 4 is 28.8 Å². The van der Waals surface area contributed by atoms with Crippen LogP contribution in [-0.2, 0) is 11.3 Å². The highest BCUT2D eigenvalue weighted by atomic mass is 35.5. The highest BCUT2D eigenvalue weighted by Gasteiger charge is 2.32. The van der Waals surface area contributed by atoms with Crippen molar-refractivity contribution in [2.24, 2.45) is 0 Å². The molecule has 6 heteroatoms. The Hall–Kier alpha value is -1.33. The summed E-state index contributed by atoms with van der Waals surface area (Å²) >= 11 is 7.20. The number of aromatic nitrogens is 1. The summed E-state index contributed by atoms with van der Waals surface area (Å²) in [6.45, 7) is 1.82. The Bertz CT molecular complexity index is 523. The van der Waals surface area contributed by atoms with Crippen molar-refractivity contribution in [2.45, 2.75) is 6.54 Å². The first kappa shape index (κ1) is 10.8. The van der Waals surface area contributed by atoms with E-state index >= 15 is 0 Å². The van der Waals surface area contributed by atoms with Crippen LogP contribution in [0.2, 0.25) is 4.47 Å². The second kappa shape index (κ2) is 4.16. The fourth-order valence-electron chi connectivity index (χ4n) is 2.01. The van der Waals surface area contributed by atoms with Crippen LogP contribution in [0.4, 0.5) is 0 Å². The number of carbonyl (C=O) groups excluding carboxylic acids is 1. The Morgan fingerprint density at radius 3 is 3.18 bits per heavy atom. The maximum Gasteiger partial charge on any atom is 0.248 e. The summed E-state index contributed by atoms with van der Waals surface area (Å²) in [5.74, 6) is 1.10. The molecule has 1 saturated heterocycles. The standard InChI is InChI=1S/C11H10ClN3OS/c12-11-13-5-8(17-11)6-15-9-3-1-2-4-14(9)7-10(15)16/h1-3,5H,4,6-7H2. The molecule has 0 aromatic carbocycles. The number of thiazole rings is 1. The maximum absolute atomic E-state index is 11.9. The SMILES string of the molecule is O=C1CN2CC=CC=C2N1Cc1cnc(Cl)s1. The number of carbonyl (C=O) groups is 1. The minimum atomic E-state index is 0.129. The molecular weight excluding hydrogens is 258 g/mol. The molecule has 4 nitrogen and oxygen atoms in total. The molecule has 0 bridgehead atoms. The number of amides is 1. The summed E-state index contributed by atoms with van der Waals surface area (Å²) in [5, 5.41) is 0. The van der Waals surface area contributed by atoms with Crippen molar-refractivity contribution in [3.63, 3.8) is 0 Å². The molecule has 1 aromatic heterocycles. The Labute approximate surface area is 108 Å². The second-order valence-electron chi connectivity index (χ2n) is 3.89. The van der Waals surface area contributed by atoms with Crippen LogP contribution in [0.25, 0.3) is 0 Å². The average molecular weight is 268 g/mol. The topological polar surface area (TPSA) is 36.4 Å². The molecule has 1 aromatic rings. The lowest BCUT2D eigenvalue weighted by Gasteiger charge is -2.23. The molecule has 17 heavy (non-hydrogen) atoms. The van der Waals surface area contributed by atoms with E-state index in [0.29, 0.717) is 17.6 Å². The van der Waals surface area contributed by atoms with Crippen LogP contribution in [0.5, 0.6) is 0 Å². The van der Waals surface area contributed by atoms with Crippen LogP contribution in [0.15, 0.2) is 30.2 Å². The lowest BCUT2D eigenvalue weighted by molar-refractivity contribution is -0.126. The molecule has 0 unspecified atom stereocenters. The molecule has 2 aliphatic rings. The van der Waals surface area contributed by atoms with Gasteiger partial charge in [0.2, 0.25) is 5.91 Å². The first-order valence-corrected chi connectivity index (χ1v) is 6.46. The fraction of sp³-hybridized carbons (Fsp3) is 0.273. The van der Waals surface area contributed by atoms with Gasteiger partial charge < -0.3 is 4.90 Å². The Balaban J connectivity index is 1.84. The van der Waals surface area contributed by atoms with E-state index in [1.54, 1.807) is 11.1 Å². The first-order chi connectivity index (χ1) is 8.24. The Morgan fingerprint density at radius 2 is 2.41 bits per heavy atom. The molecule has 3 heterocycles. The lowest BCUT2D eigenvalue weighted by Crippen LogP contribution is -2.25. The van der Waals surface area contributed by atoms with E-state index in [4.69, 9.17) is 11.6 Å². The van der Waals surface area contributed by atoms with Gasteiger partial charge in [0.1, 0.15) is 5.82 Å². The fourth-order valence-corrected chi connectivity index (χ4v) is 2.97. The van der Waals surface area contributed by atoms with Gasteiger partial charge in [-0.3, -0.25) is 9.69 Å². The number of allylic oxidation sites excluding steroid dienone is 2. The molecule has 0 spiro atoms. The highest BCUT2D eigenvalue weighted by molar-refractivity contribution is 7.15. The van der Waals surface area contributed by atoms with Gasteiger partial charge >= 0.3 is 0 Å². The van der Waals surface area contributed by atoms with E-state index < -0.39 is 0 Å². The average Bonchev–Trinajstić information content (AvgIpc) is 2.85. The highest BCUT2D eigenvalue weighted by Crippen LogP contribution is 2.27. The van der Waals surface area contributed by atoms with Gasteiger partial charge in [-0.1, -0.05) is 23.8 Å². The number of hydrogen-bond acceptors (Lipinski definition) is 4. The third-order valence-electron chi connectivity index (χ3n) is 2.77. The molecule has 1 amide bonds. The van der Waals surface area contributed by atoms with E-state index in [1.807, 2.05) is 18.2 Å². The van der Waals surface area contributed by atoms with Gasteiger partial charge in [-0.05, 0) is 6.08 Å². The number of fused-ring (bicyclic) bond motifs is 1. The normalized spacial score (nSPS) is 18.6. The third-order valence-corrected chi connectivity index (χ3v) is 3.87. The number of rotatable bonds is 2. The van der Waals surface area contributed by atoms with E-state index in [-0.39, 0.29) is 5.91 Å². The summed E-state index contributed by atoms with van der Waals surface area (Å²) in [6, 6.07) is 0. The van der Waals surface area contributed by atoms with Crippen molar-refractivity contribution in [2.75, 3.05) is 13.1 Å². The predicted octanol–water partition coefficient (Wildman–Crippen LogP) is 1.85. The van der Waals surface area contributed by atoms with Gasteiger partial charge in [-0.15, -0.1) is 11.3 Å². The number of hydrogen-bond donors (Lipinski definition) is 0. The molecule has 0 aliphatic carbocycles. The summed E-state index contributed by atoms with van der Waals surface area (Å²) in [5.41, 5.74) is 0. The second-order valence-corrected chi connectivity index (χ2v) is 5.59. The molecule has 0 atom stereocenters. The van der Waals surface area contributed by atoms with Crippen molar-refractivity contribution in [3.8, 4) is 0 Å². The van der Waals surface area contributed by atoms with E-state index in [0.717, 1.165) is 17.2 Å². The molecular formula is C11H10ClN3OS. The summed E-state index contributed by atoms with van der Waals surface area (Å²) in [6.07, 6.45) is 7.72. The van der Waals surface area contributed by atoms with Crippen LogP contribution in [0, 0.1) is 0 Å². The predicted molar refractivity (Wildman–Crippen MR) is 66.5 cm³/mol. The van der Waals surface area contributed by atoms with E-state index in [2.05, 4.69) is 9.88 Å². The zero-order valence-corrected chi connectivity index (χ0v) is 10.5. The van der Waals surface area contributed by atoms with E-state index in [9.17, 15) is 4.79 Å². The molecule has 0 saturated carbocycles. The Morgan fingerprint density at radius 1 is 1.53 bits per heavy atom. The number of halogens is 1. The van der Waals surface area contributed by atoms with Crippen LogP contribution in [-0.4, -0.2) is 33.8 Å². The van der Waals surface area contributed by atoms with Crippen molar-refractivity contribution in [1.29, 1.82) is 0 Å². The van der Waals surface area contributed by atoms with E-state index in [1.165, 1.54) is 11.3 Å². The molecule has 88 valence electrons. The first-order valence-electron chi connectivity index (χ1n) is 5.26. The Kier molecular flexibility index (Phi) is 2.64. The van der Waals surface area contributed by atoms with Crippen LogP contribution < -0.4 is 0 Å². The van der Waals surface area contributed by atoms with Crippen LogP contribution in [0.3, 0.4) is 0 Å². The zero-order chi connectivity index (χ0) is 11.8. The molecule has 1 fully saturated rings. The largest absolute Gasteiger partial charge is 0.345 e. The zero-order valence-electron chi connectivity index (χ0n) is 8.97. The van der Waals surface area contributed by atoms with Gasteiger partial charge in [-0.2, -0.15) is 0 Å². The van der Waals surface area contributed by atoms with Crippen molar-refractivity contribution in [3.05, 3.63) is 39.6 Å². The minimum Gasteiger partial charge on any atom is -0.345 e. The van der Waals surface area contributed by atoms with Crippen LogP contribution >= 0.6 is 22.9 Å². The molecule has 0 N–H and O–H groups in total. The van der Waals surface area contributed by atoms with Crippen LogP contribution in [0.1, 0.15) is 4.88 Å².